The Morgan fingerprint density at radius 1 is 1.21 bits per heavy atom. The van der Waals surface area contributed by atoms with E-state index < -0.39 is 36.6 Å². The van der Waals surface area contributed by atoms with Crippen LogP contribution in [0.4, 0.5) is 5.69 Å². The quantitative estimate of drug-likeness (QED) is 0.325. The van der Waals surface area contributed by atoms with Crippen molar-refractivity contribution in [2.45, 2.75) is 31.3 Å². The summed E-state index contributed by atoms with van der Waals surface area (Å²) in [5, 5.41) is 41.1. The minimum absolute atomic E-state index is 0.297. The van der Waals surface area contributed by atoms with Crippen LogP contribution in [-0.4, -0.2) is 57.7 Å². The Labute approximate surface area is 137 Å². The fourth-order valence-corrected chi connectivity index (χ4v) is 2.24. The number of aldehydes is 1. The first-order chi connectivity index (χ1) is 11.4. The lowest BCUT2D eigenvalue weighted by atomic mass is 10.0. The highest BCUT2D eigenvalue weighted by atomic mass is 16.4. The predicted octanol–water partition coefficient (Wildman–Crippen LogP) is -0.844. The van der Waals surface area contributed by atoms with Crippen LogP contribution in [0, 0.1) is 6.92 Å². The van der Waals surface area contributed by atoms with Crippen LogP contribution in [-0.2, 0) is 4.79 Å². The number of aliphatic hydroxyl groups is 4. The maximum absolute atomic E-state index is 11.6. The van der Waals surface area contributed by atoms with Gasteiger partial charge in [0, 0.05) is 22.7 Å². The third kappa shape index (κ3) is 3.80. The molecule has 130 valence electrons. The number of carbonyl (C=O) groups is 1. The first kappa shape index (κ1) is 18.1. The van der Waals surface area contributed by atoms with Crippen molar-refractivity contribution in [2.75, 3.05) is 11.9 Å². The summed E-state index contributed by atoms with van der Waals surface area (Å²) in [5.74, 6) is 0. The molecular weight excluding hydrogens is 318 g/mol. The van der Waals surface area contributed by atoms with E-state index in [0.29, 0.717) is 28.5 Å². The average molecular weight is 337 g/mol. The highest BCUT2D eigenvalue weighted by molar-refractivity contribution is 5.81. The maximum Gasteiger partial charge on any atom is 0.339 e. The van der Waals surface area contributed by atoms with Crippen LogP contribution in [0.3, 0.4) is 0 Å². The Hall–Kier alpha value is -2.26. The summed E-state index contributed by atoms with van der Waals surface area (Å²) in [6.07, 6.45) is -4.57. The van der Waals surface area contributed by atoms with E-state index in [1.807, 2.05) is 0 Å². The molecule has 0 amide bonds. The number of carbonyl (C=O) groups excluding carboxylic acids is 1. The molecule has 5 N–H and O–H groups in total. The molecule has 0 unspecified atom stereocenters. The van der Waals surface area contributed by atoms with Crippen molar-refractivity contribution in [1.29, 1.82) is 0 Å². The van der Waals surface area contributed by atoms with Gasteiger partial charge in [0.15, 0.2) is 0 Å². The van der Waals surface area contributed by atoms with Gasteiger partial charge in [-0.1, -0.05) is 0 Å². The first-order valence-corrected chi connectivity index (χ1v) is 7.28. The second-order valence-corrected chi connectivity index (χ2v) is 5.51. The predicted molar refractivity (Wildman–Crippen MR) is 85.8 cm³/mol. The second-order valence-electron chi connectivity index (χ2n) is 5.51. The van der Waals surface area contributed by atoms with Gasteiger partial charge in [0.1, 0.15) is 36.2 Å². The molecule has 0 radical (unpaired) electrons. The standard InChI is InChI=1S/C16H19NO7/c1-8-4-9-2-3-10(5-13(9)24-16(8)23)17-11(6-18)14(21)15(22)12(20)7-19/h2-6,11-12,14-15,17,19-22H,7H2,1H3/t11-,12+,14+,15+/m0/s1. The summed E-state index contributed by atoms with van der Waals surface area (Å²) in [5.41, 5.74) is 0.653. The molecule has 0 spiro atoms. The number of benzene rings is 1. The SMILES string of the molecule is Cc1cc2ccc(N[C@@H](C=O)[C@@H](O)[C@H](O)[C@H](O)CO)cc2oc1=O. The third-order valence-corrected chi connectivity index (χ3v) is 3.69. The van der Waals surface area contributed by atoms with E-state index in [1.165, 1.54) is 6.07 Å². The molecule has 1 aromatic heterocycles. The maximum atomic E-state index is 11.6. The van der Waals surface area contributed by atoms with Crippen LogP contribution in [0.2, 0.25) is 0 Å². The lowest BCUT2D eigenvalue weighted by Crippen LogP contribution is -2.49. The zero-order valence-corrected chi connectivity index (χ0v) is 12.9. The molecule has 0 aliphatic carbocycles. The molecular formula is C16H19NO7. The van der Waals surface area contributed by atoms with Crippen molar-refractivity contribution in [2.24, 2.45) is 0 Å². The zero-order chi connectivity index (χ0) is 17.9. The monoisotopic (exact) mass is 337 g/mol. The summed E-state index contributed by atoms with van der Waals surface area (Å²) in [7, 11) is 0. The summed E-state index contributed by atoms with van der Waals surface area (Å²) in [6.45, 7) is 0.869. The highest BCUT2D eigenvalue weighted by Gasteiger charge is 2.31. The van der Waals surface area contributed by atoms with Gasteiger partial charge < -0.3 is 35.0 Å². The van der Waals surface area contributed by atoms with Crippen molar-refractivity contribution in [3.63, 3.8) is 0 Å². The van der Waals surface area contributed by atoms with Gasteiger partial charge in [-0.25, -0.2) is 4.79 Å². The molecule has 0 saturated carbocycles. The van der Waals surface area contributed by atoms with Gasteiger partial charge in [-0.3, -0.25) is 0 Å². The molecule has 8 heteroatoms. The van der Waals surface area contributed by atoms with E-state index in [1.54, 1.807) is 25.1 Å². The van der Waals surface area contributed by atoms with E-state index >= 15 is 0 Å². The van der Waals surface area contributed by atoms with Crippen LogP contribution in [0.5, 0.6) is 0 Å². The molecule has 24 heavy (non-hydrogen) atoms. The van der Waals surface area contributed by atoms with Gasteiger partial charge in [-0.2, -0.15) is 0 Å². The van der Waals surface area contributed by atoms with Crippen molar-refractivity contribution < 1.29 is 29.6 Å². The fraction of sp³-hybridized carbons (Fsp3) is 0.375. The smallest absolute Gasteiger partial charge is 0.339 e. The number of hydrogen-bond acceptors (Lipinski definition) is 8. The molecule has 1 aromatic carbocycles. The number of aliphatic hydroxyl groups excluding tert-OH is 4. The average Bonchev–Trinajstić information content (AvgIpc) is 2.58. The summed E-state index contributed by atoms with van der Waals surface area (Å²) < 4.78 is 5.14. The largest absolute Gasteiger partial charge is 0.422 e. The van der Waals surface area contributed by atoms with Crippen LogP contribution < -0.4 is 10.9 Å². The van der Waals surface area contributed by atoms with E-state index in [9.17, 15) is 24.9 Å². The molecule has 8 nitrogen and oxygen atoms in total. The number of aryl methyl sites for hydroxylation is 1. The van der Waals surface area contributed by atoms with Crippen LogP contribution in [0.1, 0.15) is 5.56 Å². The number of hydrogen-bond donors (Lipinski definition) is 5. The van der Waals surface area contributed by atoms with Gasteiger partial charge in [0.2, 0.25) is 0 Å². The minimum Gasteiger partial charge on any atom is -0.422 e. The first-order valence-electron chi connectivity index (χ1n) is 7.28. The second kappa shape index (κ2) is 7.54. The lowest BCUT2D eigenvalue weighted by molar-refractivity contribution is -0.117. The summed E-state index contributed by atoms with van der Waals surface area (Å²) in [6, 6.07) is 5.18. The van der Waals surface area contributed by atoms with Crippen molar-refractivity contribution in [1.82, 2.24) is 0 Å². The topological polar surface area (TPSA) is 140 Å². The third-order valence-electron chi connectivity index (χ3n) is 3.69. The van der Waals surface area contributed by atoms with Crippen LogP contribution in [0.25, 0.3) is 11.0 Å². The van der Waals surface area contributed by atoms with Gasteiger partial charge in [-0.05, 0) is 25.1 Å². The van der Waals surface area contributed by atoms with E-state index in [-0.39, 0.29) is 0 Å². The summed E-state index contributed by atoms with van der Waals surface area (Å²) in [4.78, 5) is 22.7. The molecule has 1 heterocycles. The molecule has 2 aromatic rings. The fourth-order valence-electron chi connectivity index (χ4n) is 2.24. The molecule has 0 aliphatic rings. The van der Waals surface area contributed by atoms with Crippen molar-refractivity contribution in [3.8, 4) is 0 Å². The Morgan fingerprint density at radius 2 is 1.92 bits per heavy atom. The van der Waals surface area contributed by atoms with Crippen LogP contribution >= 0.6 is 0 Å². The summed E-state index contributed by atoms with van der Waals surface area (Å²) >= 11 is 0. The van der Waals surface area contributed by atoms with Gasteiger partial charge in [-0.15, -0.1) is 0 Å². The van der Waals surface area contributed by atoms with Crippen LogP contribution in [0.15, 0.2) is 33.5 Å². The van der Waals surface area contributed by atoms with Crippen molar-refractivity contribution in [3.05, 3.63) is 40.2 Å². The Kier molecular flexibility index (Phi) is 5.68. The molecule has 0 saturated heterocycles. The zero-order valence-electron chi connectivity index (χ0n) is 12.9. The molecule has 0 fully saturated rings. The minimum atomic E-state index is -1.71. The number of anilines is 1. The van der Waals surface area contributed by atoms with Gasteiger partial charge in [0.05, 0.1) is 6.61 Å². The highest BCUT2D eigenvalue weighted by Crippen LogP contribution is 2.20. The Balaban J connectivity index is 2.24. The Bertz CT molecular complexity index is 773. The molecule has 0 aliphatic heterocycles. The molecule has 0 bridgehead atoms. The molecule has 2 rings (SSSR count). The van der Waals surface area contributed by atoms with Crippen molar-refractivity contribution >= 4 is 22.9 Å². The van der Waals surface area contributed by atoms with Gasteiger partial charge >= 0.3 is 5.63 Å². The molecule has 4 atom stereocenters. The number of nitrogens with one attached hydrogen (secondary N) is 1. The van der Waals surface area contributed by atoms with E-state index in [4.69, 9.17) is 9.52 Å². The Morgan fingerprint density at radius 3 is 2.54 bits per heavy atom. The number of rotatable bonds is 7. The van der Waals surface area contributed by atoms with E-state index in [0.717, 1.165) is 0 Å². The van der Waals surface area contributed by atoms with E-state index in [2.05, 4.69) is 5.32 Å². The normalized spacial score (nSPS) is 16.4. The van der Waals surface area contributed by atoms with Gasteiger partial charge in [0.25, 0.3) is 0 Å². The lowest BCUT2D eigenvalue weighted by Gasteiger charge is -2.26. The number of fused-ring (bicyclic) bond motifs is 1.